The van der Waals surface area contributed by atoms with Gasteiger partial charge in [-0.2, -0.15) is 0 Å². The number of hydrogen-bond acceptors (Lipinski definition) is 0. The molecule has 1 aromatic carbocycles. The maximum atomic E-state index is 4.03. The van der Waals surface area contributed by atoms with Gasteiger partial charge < -0.3 is 0 Å². The summed E-state index contributed by atoms with van der Waals surface area (Å²) in [6.07, 6.45) is 13.7. The zero-order valence-corrected chi connectivity index (χ0v) is 19.5. The van der Waals surface area contributed by atoms with Crippen molar-refractivity contribution >= 4 is 11.1 Å². The van der Waals surface area contributed by atoms with Crippen LogP contribution in [0.25, 0.3) is 11.1 Å². The van der Waals surface area contributed by atoms with Crippen LogP contribution in [0.15, 0.2) is 86.5 Å². The van der Waals surface area contributed by atoms with E-state index in [9.17, 15) is 0 Å². The van der Waals surface area contributed by atoms with Crippen LogP contribution in [-0.2, 0) is 0 Å². The zero-order chi connectivity index (χ0) is 22.1. The monoisotopic (exact) mass is 368 g/mol. The minimum atomic E-state index is 0.927. The van der Waals surface area contributed by atoms with Crippen molar-refractivity contribution < 1.29 is 0 Å². The van der Waals surface area contributed by atoms with Gasteiger partial charge in [0.15, 0.2) is 0 Å². The first kappa shape index (κ1) is 32.3. The third kappa shape index (κ3) is 19.8. The molecule has 0 aliphatic carbocycles. The molecular weight excluding hydrogens is 324 g/mol. The Balaban J connectivity index is -0.000000183. The van der Waals surface area contributed by atoms with Gasteiger partial charge >= 0.3 is 0 Å². The van der Waals surface area contributed by atoms with E-state index in [4.69, 9.17) is 0 Å². The molecule has 0 bridgehead atoms. The van der Waals surface area contributed by atoms with Crippen LogP contribution in [0.2, 0.25) is 0 Å². The third-order valence-electron chi connectivity index (χ3n) is 2.90. The van der Waals surface area contributed by atoms with Gasteiger partial charge in [0.05, 0.1) is 0 Å². The summed E-state index contributed by atoms with van der Waals surface area (Å²) in [6, 6.07) is 8.08. The van der Waals surface area contributed by atoms with Gasteiger partial charge in [-0.25, -0.2) is 0 Å². The molecule has 0 radical (unpaired) electrons. The molecule has 0 aliphatic heterocycles. The van der Waals surface area contributed by atoms with Gasteiger partial charge in [-0.3, -0.25) is 0 Å². The molecule has 27 heavy (non-hydrogen) atoms. The van der Waals surface area contributed by atoms with Crippen molar-refractivity contribution in [3.8, 4) is 0 Å². The fourth-order valence-corrected chi connectivity index (χ4v) is 1.44. The van der Waals surface area contributed by atoms with Crippen LogP contribution in [0, 0.1) is 0 Å². The molecule has 1 rings (SSSR count). The van der Waals surface area contributed by atoms with E-state index in [1.54, 1.807) is 6.08 Å². The molecule has 0 spiro atoms. The van der Waals surface area contributed by atoms with Crippen molar-refractivity contribution in [2.24, 2.45) is 0 Å². The Hall–Kier alpha value is -2.34. The Morgan fingerprint density at radius 2 is 0.963 bits per heavy atom. The lowest BCUT2D eigenvalue weighted by Crippen LogP contribution is -1.88. The third-order valence-corrected chi connectivity index (χ3v) is 2.90. The van der Waals surface area contributed by atoms with Crippen LogP contribution in [-0.4, -0.2) is 0 Å². The van der Waals surface area contributed by atoms with Crippen LogP contribution in [0.3, 0.4) is 0 Å². The van der Waals surface area contributed by atoms with E-state index in [1.165, 1.54) is 0 Å². The van der Waals surface area contributed by atoms with Crippen LogP contribution in [0.1, 0.15) is 73.4 Å². The average molecular weight is 369 g/mol. The average Bonchev–Trinajstić information content (AvgIpc) is 2.76. The number of rotatable bonds is 4. The molecule has 1 aromatic rings. The van der Waals surface area contributed by atoms with E-state index in [-0.39, 0.29) is 0 Å². The fourth-order valence-electron chi connectivity index (χ4n) is 1.44. The van der Waals surface area contributed by atoms with E-state index < -0.39 is 0 Å². The molecular formula is C27H44. The molecule has 0 heteroatoms. The maximum absolute atomic E-state index is 4.03. The molecule has 0 fully saturated rings. The van der Waals surface area contributed by atoms with Crippen LogP contribution < -0.4 is 0 Å². The summed E-state index contributed by atoms with van der Waals surface area (Å²) >= 11 is 0. The second-order valence-corrected chi connectivity index (χ2v) is 4.63. The normalized spacial score (nSPS) is 8.93. The Bertz CT molecular complexity index is 533. The number of benzene rings is 1. The van der Waals surface area contributed by atoms with Crippen molar-refractivity contribution in [3.05, 3.63) is 97.7 Å². The van der Waals surface area contributed by atoms with Crippen molar-refractivity contribution in [2.75, 3.05) is 0 Å². The van der Waals surface area contributed by atoms with E-state index in [1.807, 2.05) is 123 Å². The summed E-state index contributed by atoms with van der Waals surface area (Å²) in [7, 11) is 0. The molecule has 0 aliphatic rings. The van der Waals surface area contributed by atoms with Gasteiger partial charge in [0, 0.05) is 0 Å². The summed E-state index contributed by atoms with van der Waals surface area (Å²) in [5.74, 6) is 0. The van der Waals surface area contributed by atoms with Gasteiger partial charge in [0.25, 0.3) is 0 Å². The van der Waals surface area contributed by atoms with E-state index >= 15 is 0 Å². The minimum absolute atomic E-state index is 0.927. The first-order chi connectivity index (χ1) is 13.0. The lowest BCUT2D eigenvalue weighted by molar-refractivity contribution is 1.50. The van der Waals surface area contributed by atoms with Crippen LogP contribution >= 0.6 is 0 Å². The van der Waals surface area contributed by atoms with Gasteiger partial charge in [0.2, 0.25) is 0 Å². The molecule has 0 aromatic heterocycles. The Morgan fingerprint density at radius 3 is 1.22 bits per heavy atom. The Morgan fingerprint density at radius 1 is 0.630 bits per heavy atom. The van der Waals surface area contributed by atoms with E-state index in [0.717, 1.165) is 22.3 Å². The molecule has 152 valence electrons. The molecule has 0 unspecified atom stereocenters. The van der Waals surface area contributed by atoms with E-state index in [0.29, 0.717) is 0 Å². The van der Waals surface area contributed by atoms with Crippen molar-refractivity contribution in [3.63, 3.8) is 0 Å². The fraction of sp³-hybridized carbons (Fsp3) is 0.333. The van der Waals surface area contributed by atoms with Crippen molar-refractivity contribution in [1.29, 1.82) is 0 Å². The second-order valence-electron chi connectivity index (χ2n) is 4.63. The lowest BCUT2D eigenvalue weighted by Gasteiger charge is -2.09. The SMILES string of the molecule is C/C=C\C.C/C=C\C.C=CC(=C)c1ccccc1C(=C)/C=C\C.CC.CC. The smallest absolute Gasteiger partial charge is 0.0112 e. The molecule has 0 heterocycles. The predicted molar refractivity (Wildman–Crippen MR) is 133 cm³/mol. The van der Waals surface area contributed by atoms with Gasteiger partial charge in [-0.15, -0.1) is 0 Å². The van der Waals surface area contributed by atoms with Gasteiger partial charge in [0.1, 0.15) is 0 Å². The van der Waals surface area contributed by atoms with Crippen molar-refractivity contribution in [1.82, 2.24) is 0 Å². The quantitative estimate of drug-likeness (QED) is 0.366. The lowest BCUT2D eigenvalue weighted by atomic mass is 9.96. The summed E-state index contributed by atoms with van der Waals surface area (Å²) in [5, 5.41) is 0. The molecule has 0 saturated carbocycles. The standard InChI is InChI=1S/C15H16.2C4H8.2C2H6/c1-5-9-13(4)15-11-8-7-10-14(15)12(3)6-2;2*1-3-4-2;2*1-2/h5-11H,2-4H2,1H3;2*3-4H,1-2H3;2*1-2H3/b9-5-;2*4-3-;;. The highest BCUT2D eigenvalue weighted by molar-refractivity contribution is 5.84. The van der Waals surface area contributed by atoms with Crippen molar-refractivity contribution in [2.45, 2.75) is 62.3 Å². The highest BCUT2D eigenvalue weighted by atomic mass is 14.1. The predicted octanol–water partition coefficient (Wildman–Crippen LogP) is 9.69. The molecule has 0 nitrogen and oxygen atoms in total. The summed E-state index contributed by atoms with van der Waals surface area (Å²) in [4.78, 5) is 0. The minimum Gasteiger partial charge on any atom is -0.0985 e. The highest BCUT2D eigenvalue weighted by Crippen LogP contribution is 2.24. The van der Waals surface area contributed by atoms with E-state index in [2.05, 4.69) is 19.7 Å². The first-order valence-electron chi connectivity index (χ1n) is 9.91. The molecule has 0 atom stereocenters. The highest BCUT2D eigenvalue weighted by Gasteiger charge is 2.03. The van der Waals surface area contributed by atoms with Gasteiger partial charge in [-0.1, -0.05) is 114 Å². The number of allylic oxidation sites excluding steroid dienone is 9. The summed E-state index contributed by atoms with van der Waals surface area (Å²) < 4.78 is 0. The second kappa shape index (κ2) is 28.5. The van der Waals surface area contributed by atoms with Crippen LogP contribution in [0.4, 0.5) is 0 Å². The largest absolute Gasteiger partial charge is 0.0985 e. The zero-order valence-electron chi connectivity index (χ0n) is 19.5. The summed E-state index contributed by atoms with van der Waals surface area (Å²) in [6.45, 7) is 29.7. The summed E-state index contributed by atoms with van der Waals surface area (Å²) in [5.41, 5.74) is 4.13. The van der Waals surface area contributed by atoms with Crippen LogP contribution in [0.5, 0.6) is 0 Å². The number of hydrogen-bond donors (Lipinski definition) is 0. The van der Waals surface area contributed by atoms with Gasteiger partial charge in [-0.05, 0) is 56.9 Å². The molecule has 0 N–H and O–H groups in total. The molecule has 0 amide bonds. The topological polar surface area (TPSA) is 0 Å². The first-order valence-corrected chi connectivity index (χ1v) is 9.91. The Kier molecular flexibility index (Phi) is 34.1. The molecule has 0 saturated heterocycles. The Labute approximate surface area is 171 Å². The maximum Gasteiger partial charge on any atom is -0.0112 e.